The number of carbonyl (C=O) groups is 1. The highest BCUT2D eigenvalue weighted by molar-refractivity contribution is 6.06. The van der Waals surface area contributed by atoms with Crippen molar-refractivity contribution in [3.8, 4) is 11.5 Å². The van der Waals surface area contributed by atoms with Crippen molar-refractivity contribution in [3.63, 3.8) is 0 Å². The van der Waals surface area contributed by atoms with E-state index in [2.05, 4.69) is 17.1 Å². The summed E-state index contributed by atoms with van der Waals surface area (Å²) in [5.41, 5.74) is 10.1. The summed E-state index contributed by atoms with van der Waals surface area (Å²) in [4.78, 5) is 15.1. The summed E-state index contributed by atoms with van der Waals surface area (Å²) in [5.74, 6) is 0.850. The molecule has 144 valence electrons. The van der Waals surface area contributed by atoms with Gasteiger partial charge in [0.15, 0.2) is 11.5 Å². The summed E-state index contributed by atoms with van der Waals surface area (Å²) in [5, 5.41) is 2.94. The third-order valence-electron chi connectivity index (χ3n) is 4.96. The van der Waals surface area contributed by atoms with Crippen LogP contribution in [0.15, 0.2) is 30.3 Å². The molecule has 2 aromatic rings. The number of rotatable bonds is 5. The van der Waals surface area contributed by atoms with E-state index in [0.29, 0.717) is 28.4 Å². The molecule has 6 heteroatoms. The van der Waals surface area contributed by atoms with Crippen molar-refractivity contribution in [2.24, 2.45) is 0 Å². The average molecular weight is 369 g/mol. The molecular weight excluding hydrogens is 342 g/mol. The van der Waals surface area contributed by atoms with Gasteiger partial charge >= 0.3 is 0 Å². The number of nitrogens with zero attached hydrogens (tertiary/aromatic N) is 1. The van der Waals surface area contributed by atoms with Crippen molar-refractivity contribution < 1.29 is 14.3 Å². The Hall–Kier alpha value is -2.89. The van der Waals surface area contributed by atoms with Crippen molar-refractivity contribution in [1.29, 1.82) is 0 Å². The molecule has 0 bridgehead atoms. The molecule has 1 saturated heterocycles. The van der Waals surface area contributed by atoms with Gasteiger partial charge in [0.1, 0.15) is 0 Å². The van der Waals surface area contributed by atoms with Crippen molar-refractivity contribution >= 4 is 23.0 Å². The van der Waals surface area contributed by atoms with Crippen LogP contribution < -0.4 is 25.4 Å². The molecule has 1 aliphatic rings. The number of nitrogen functional groups attached to an aromatic ring is 1. The highest BCUT2D eigenvalue weighted by atomic mass is 16.5. The Morgan fingerprint density at radius 2 is 1.74 bits per heavy atom. The normalized spacial score (nSPS) is 14.0. The number of carbonyl (C=O) groups excluding carboxylic acids is 1. The van der Waals surface area contributed by atoms with Crippen LogP contribution >= 0.6 is 0 Å². The number of methoxy groups -OCH3 is 2. The smallest absolute Gasteiger partial charge is 0.255 e. The zero-order chi connectivity index (χ0) is 19.4. The van der Waals surface area contributed by atoms with E-state index in [-0.39, 0.29) is 5.91 Å². The molecular formula is C21H27N3O3. The van der Waals surface area contributed by atoms with Gasteiger partial charge in [0.2, 0.25) is 0 Å². The van der Waals surface area contributed by atoms with Crippen LogP contribution in [-0.2, 0) is 0 Å². The van der Waals surface area contributed by atoms with Crippen molar-refractivity contribution in [3.05, 3.63) is 41.5 Å². The first-order valence-corrected chi connectivity index (χ1v) is 9.22. The van der Waals surface area contributed by atoms with Crippen LogP contribution in [0.25, 0.3) is 0 Å². The summed E-state index contributed by atoms with van der Waals surface area (Å²) in [7, 11) is 3.11. The van der Waals surface area contributed by atoms with E-state index < -0.39 is 0 Å². The maximum absolute atomic E-state index is 12.7. The number of hydrogen-bond acceptors (Lipinski definition) is 5. The average Bonchev–Trinajstić information content (AvgIpc) is 2.70. The van der Waals surface area contributed by atoms with Gasteiger partial charge in [0.25, 0.3) is 5.91 Å². The zero-order valence-electron chi connectivity index (χ0n) is 16.2. The van der Waals surface area contributed by atoms with E-state index >= 15 is 0 Å². The standard InChI is InChI=1S/C21H27N3O3/c1-14-11-16(22)17(13-18(14)24-9-5-4-6-10-24)23-21(25)15-7-8-19(26-2)20(12-15)27-3/h7-8,11-13H,4-6,9-10,22H2,1-3H3,(H,23,25). The fourth-order valence-corrected chi connectivity index (χ4v) is 3.47. The Morgan fingerprint density at radius 3 is 2.41 bits per heavy atom. The van der Waals surface area contributed by atoms with Crippen molar-refractivity contribution in [1.82, 2.24) is 0 Å². The summed E-state index contributed by atoms with van der Waals surface area (Å²) in [6.07, 6.45) is 3.65. The largest absolute Gasteiger partial charge is 0.493 e. The number of benzene rings is 2. The first-order chi connectivity index (χ1) is 13.0. The van der Waals surface area contributed by atoms with Crippen molar-refractivity contribution in [2.75, 3.05) is 43.3 Å². The predicted octanol–water partition coefficient (Wildman–Crippen LogP) is 3.84. The molecule has 27 heavy (non-hydrogen) atoms. The van der Waals surface area contributed by atoms with Gasteiger partial charge in [-0.25, -0.2) is 0 Å². The number of hydrogen-bond donors (Lipinski definition) is 2. The molecule has 0 unspecified atom stereocenters. The molecule has 6 nitrogen and oxygen atoms in total. The lowest BCUT2D eigenvalue weighted by Gasteiger charge is -2.31. The minimum atomic E-state index is -0.240. The molecule has 0 aliphatic carbocycles. The predicted molar refractivity (Wildman–Crippen MR) is 109 cm³/mol. The van der Waals surface area contributed by atoms with Crippen LogP contribution in [0, 0.1) is 6.92 Å². The van der Waals surface area contributed by atoms with Gasteiger partial charge in [-0.2, -0.15) is 0 Å². The Balaban J connectivity index is 1.85. The summed E-state index contributed by atoms with van der Waals surface area (Å²) >= 11 is 0. The zero-order valence-corrected chi connectivity index (χ0v) is 16.2. The minimum absolute atomic E-state index is 0.240. The third kappa shape index (κ3) is 4.10. The van der Waals surface area contributed by atoms with Crippen LogP contribution in [0.5, 0.6) is 11.5 Å². The number of anilines is 3. The summed E-state index contributed by atoms with van der Waals surface area (Å²) in [6, 6.07) is 8.98. The Labute approximate surface area is 160 Å². The second-order valence-electron chi connectivity index (χ2n) is 6.80. The van der Waals surface area contributed by atoms with Gasteiger partial charge in [-0.05, 0) is 62.1 Å². The fourth-order valence-electron chi connectivity index (χ4n) is 3.47. The molecule has 2 aromatic carbocycles. The van der Waals surface area contributed by atoms with Crippen LogP contribution in [0.4, 0.5) is 17.1 Å². The Morgan fingerprint density at radius 1 is 1.04 bits per heavy atom. The van der Waals surface area contributed by atoms with Crippen LogP contribution in [0.1, 0.15) is 35.2 Å². The number of nitrogens with one attached hydrogen (secondary N) is 1. The summed E-state index contributed by atoms with van der Waals surface area (Å²) in [6.45, 7) is 4.13. The molecule has 1 fully saturated rings. The molecule has 0 atom stereocenters. The SMILES string of the molecule is COc1ccc(C(=O)Nc2cc(N3CCCCC3)c(C)cc2N)cc1OC. The second kappa shape index (κ2) is 8.20. The topological polar surface area (TPSA) is 76.8 Å². The van der Waals surface area contributed by atoms with Crippen LogP contribution in [0.2, 0.25) is 0 Å². The quantitative estimate of drug-likeness (QED) is 0.783. The van der Waals surface area contributed by atoms with Gasteiger partial charge in [-0.15, -0.1) is 0 Å². The number of piperidine rings is 1. The maximum Gasteiger partial charge on any atom is 0.255 e. The number of amides is 1. The lowest BCUT2D eigenvalue weighted by Crippen LogP contribution is -2.30. The Bertz CT molecular complexity index is 830. The van der Waals surface area contributed by atoms with Crippen LogP contribution in [-0.4, -0.2) is 33.2 Å². The van der Waals surface area contributed by atoms with Crippen LogP contribution in [0.3, 0.4) is 0 Å². The van der Waals surface area contributed by atoms with E-state index in [0.717, 1.165) is 24.3 Å². The third-order valence-corrected chi connectivity index (χ3v) is 4.96. The first-order valence-electron chi connectivity index (χ1n) is 9.22. The highest BCUT2D eigenvalue weighted by Gasteiger charge is 2.17. The van der Waals surface area contributed by atoms with E-state index in [1.165, 1.54) is 19.3 Å². The molecule has 1 heterocycles. The lowest BCUT2D eigenvalue weighted by atomic mass is 10.1. The monoisotopic (exact) mass is 369 g/mol. The molecule has 3 rings (SSSR count). The molecule has 0 aromatic heterocycles. The van der Waals surface area contributed by atoms with E-state index in [9.17, 15) is 4.79 Å². The molecule has 1 aliphatic heterocycles. The minimum Gasteiger partial charge on any atom is -0.493 e. The summed E-state index contributed by atoms with van der Waals surface area (Å²) < 4.78 is 10.5. The Kier molecular flexibility index (Phi) is 5.74. The van der Waals surface area contributed by atoms with E-state index in [1.807, 2.05) is 12.1 Å². The lowest BCUT2D eigenvalue weighted by molar-refractivity contribution is 0.102. The molecule has 0 saturated carbocycles. The number of ether oxygens (including phenoxy) is 2. The van der Waals surface area contributed by atoms with Gasteiger partial charge in [-0.1, -0.05) is 0 Å². The fraction of sp³-hybridized carbons (Fsp3) is 0.381. The van der Waals surface area contributed by atoms with Gasteiger partial charge in [0, 0.05) is 24.3 Å². The molecule has 0 radical (unpaired) electrons. The molecule has 1 amide bonds. The first kappa shape index (κ1) is 18.9. The molecule has 0 spiro atoms. The van der Waals surface area contributed by atoms with Crippen molar-refractivity contribution in [2.45, 2.75) is 26.2 Å². The highest BCUT2D eigenvalue weighted by Crippen LogP contribution is 2.32. The van der Waals surface area contributed by atoms with E-state index in [4.69, 9.17) is 15.2 Å². The van der Waals surface area contributed by atoms with Gasteiger partial charge < -0.3 is 25.4 Å². The van der Waals surface area contributed by atoms with Gasteiger partial charge in [-0.3, -0.25) is 4.79 Å². The van der Waals surface area contributed by atoms with E-state index in [1.54, 1.807) is 32.4 Å². The second-order valence-corrected chi connectivity index (χ2v) is 6.80. The number of aryl methyl sites for hydroxylation is 1. The number of nitrogens with two attached hydrogens (primary N) is 1. The van der Waals surface area contributed by atoms with Gasteiger partial charge in [0.05, 0.1) is 25.6 Å². The maximum atomic E-state index is 12.7. The molecule has 3 N–H and O–H groups in total.